The van der Waals surface area contributed by atoms with Crippen LogP contribution in [0.3, 0.4) is 0 Å². The van der Waals surface area contributed by atoms with Crippen molar-refractivity contribution in [3.05, 3.63) is 42.5 Å². The van der Waals surface area contributed by atoms with Crippen molar-refractivity contribution in [2.75, 3.05) is 18.3 Å². The molecule has 0 bridgehead atoms. The van der Waals surface area contributed by atoms with Crippen molar-refractivity contribution in [2.45, 2.75) is 30.6 Å². The highest BCUT2D eigenvalue weighted by Gasteiger charge is 2.31. The Hall–Kier alpha value is -3.09. The van der Waals surface area contributed by atoms with Gasteiger partial charge in [-0.05, 0) is 43.0 Å². The minimum absolute atomic E-state index is 0.0683. The van der Waals surface area contributed by atoms with Crippen molar-refractivity contribution in [3.63, 3.8) is 0 Å². The van der Waals surface area contributed by atoms with E-state index in [2.05, 4.69) is 9.97 Å². The highest BCUT2D eigenvalue weighted by Crippen LogP contribution is 2.46. The number of nitrogen functional groups attached to an aromatic ring is 1. The first kappa shape index (κ1) is 22.7. The number of nitrogens with zero attached hydrogens (tertiary/aromatic N) is 3. The number of fused-ring (bicyclic) bond motifs is 2. The van der Waals surface area contributed by atoms with Gasteiger partial charge in [0.15, 0.2) is 17.3 Å². The molecular weight excluding hydrogens is 478 g/mol. The molecule has 0 spiro atoms. The van der Waals surface area contributed by atoms with Crippen LogP contribution in [0.4, 0.5) is 11.5 Å². The van der Waals surface area contributed by atoms with Gasteiger partial charge in [-0.25, -0.2) is 28.5 Å². The molecule has 2 aliphatic heterocycles. The largest absolute Gasteiger partial charge is 0.464 e. The summed E-state index contributed by atoms with van der Waals surface area (Å²) >= 11 is 1.44. The number of furan rings is 1. The Bertz CT molecular complexity index is 1360. The quantitative estimate of drug-likeness (QED) is 0.532. The lowest BCUT2D eigenvalue weighted by Gasteiger charge is -2.22. The fourth-order valence-electron chi connectivity index (χ4n) is 4.14. The van der Waals surface area contributed by atoms with Crippen LogP contribution >= 0.6 is 11.8 Å². The molecule has 2 aromatic heterocycles. The summed E-state index contributed by atoms with van der Waals surface area (Å²) in [4.78, 5) is 14.2. The standard InChI is InChI=1S/C22H23N5O5S2/c1-12-13(4-6-34(24,28)29)7-19(27-21-20(12)25-10-26-22(21)23)33-18-9-17-16(31-11-32-17)8-14(18)15-3-2-5-30-15/h2-3,5,8-10,12-13H,4,6-7,11H2,1H3,(H2,23,25,26)(H2,24,28,29). The first-order chi connectivity index (χ1) is 16.3. The summed E-state index contributed by atoms with van der Waals surface area (Å²) in [6, 6.07) is 7.46. The number of sulfonamides is 1. The van der Waals surface area contributed by atoms with Crippen LogP contribution in [0, 0.1) is 5.92 Å². The van der Waals surface area contributed by atoms with Crippen LogP contribution in [-0.2, 0) is 10.0 Å². The van der Waals surface area contributed by atoms with E-state index in [0.29, 0.717) is 41.5 Å². The molecule has 4 heterocycles. The summed E-state index contributed by atoms with van der Waals surface area (Å²) in [5, 5.41) is 6.04. The Balaban J connectivity index is 1.56. The maximum absolute atomic E-state index is 11.7. The number of aliphatic imine (C=N–C) groups is 1. The number of thioether (sulfide) groups is 1. The Morgan fingerprint density at radius 1 is 1.21 bits per heavy atom. The first-order valence-corrected chi connectivity index (χ1v) is 13.2. The van der Waals surface area contributed by atoms with E-state index in [-0.39, 0.29) is 30.2 Å². The fraction of sp³-hybridized carbons (Fsp3) is 0.318. The Kier molecular flexibility index (Phi) is 5.96. The maximum Gasteiger partial charge on any atom is 0.231 e. The summed E-state index contributed by atoms with van der Waals surface area (Å²) in [6.45, 7) is 2.15. The van der Waals surface area contributed by atoms with E-state index in [0.717, 1.165) is 15.5 Å². The van der Waals surface area contributed by atoms with Gasteiger partial charge in [0.1, 0.15) is 17.8 Å². The third-order valence-electron chi connectivity index (χ3n) is 5.95. The van der Waals surface area contributed by atoms with E-state index in [1.54, 1.807) is 6.26 Å². The van der Waals surface area contributed by atoms with Gasteiger partial charge in [0, 0.05) is 16.4 Å². The Labute approximate surface area is 200 Å². The van der Waals surface area contributed by atoms with Crippen LogP contribution in [0.25, 0.3) is 11.3 Å². The summed E-state index contributed by atoms with van der Waals surface area (Å²) in [6.07, 6.45) is 3.90. The van der Waals surface area contributed by atoms with E-state index in [4.69, 9.17) is 29.8 Å². The lowest BCUT2D eigenvalue weighted by atomic mass is 9.86. The van der Waals surface area contributed by atoms with Crippen LogP contribution in [0.1, 0.15) is 31.4 Å². The summed E-state index contributed by atoms with van der Waals surface area (Å²) in [5.74, 6) is 1.94. The summed E-state index contributed by atoms with van der Waals surface area (Å²) in [5.41, 5.74) is 8.20. The topological polar surface area (TPSA) is 156 Å². The third kappa shape index (κ3) is 4.61. The summed E-state index contributed by atoms with van der Waals surface area (Å²) in [7, 11) is -3.61. The second-order valence-electron chi connectivity index (χ2n) is 8.19. The normalized spacial score (nSPS) is 19.4. The van der Waals surface area contributed by atoms with Gasteiger partial charge in [-0.15, -0.1) is 0 Å². The molecule has 3 aromatic rings. The average Bonchev–Trinajstić information content (AvgIpc) is 3.45. The van der Waals surface area contributed by atoms with Crippen LogP contribution < -0.4 is 20.3 Å². The molecule has 2 atom stereocenters. The predicted molar refractivity (Wildman–Crippen MR) is 129 cm³/mol. The zero-order valence-electron chi connectivity index (χ0n) is 18.3. The predicted octanol–water partition coefficient (Wildman–Crippen LogP) is 3.67. The summed E-state index contributed by atoms with van der Waals surface area (Å²) < 4.78 is 40.2. The van der Waals surface area contributed by atoms with Crippen LogP contribution in [0.5, 0.6) is 11.5 Å². The second kappa shape index (κ2) is 8.93. The number of hydrogen-bond donors (Lipinski definition) is 2. The minimum atomic E-state index is -3.61. The number of nitrogens with two attached hydrogens (primary N) is 2. The maximum atomic E-state index is 11.7. The van der Waals surface area contributed by atoms with Gasteiger partial charge in [0.2, 0.25) is 16.8 Å². The van der Waals surface area contributed by atoms with E-state index in [1.165, 1.54) is 18.1 Å². The van der Waals surface area contributed by atoms with Gasteiger partial charge >= 0.3 is 0 Å². The molecule has 0 amide bonds. The molecule has 2 aliphatic rings. The highest BCUT2D eigenvalue weighted by molar-refractivity contribution is 8.14. The molecule has 0 fully saturated rings. The van der Waals surface area contributed by atoms with E-state index < -0.39 is 10.0 Å². The van der Waals surface area contributed by atoms with Crippen molar-refractivity contribution in [3.8, 4) is 22.8 Å². The van der Waals surface area contributed by atoms with E-state index >= 15 is 0 Å². The molecule has 178 valence electrons. The lowest BCUT2D eigenvalue weighted by Crippen LogP contribution is -2.22. The van der Waals surface area contributed by atoms with Crippen molar-refractivity contribution >= 4 is 38.3 Å². The first-order valence-electron chi connectivity index (χ1n) is 10.6. The van der Waals surface area contributed by atoms with Crippen LogP contribution in [0.15, 0.2) is 51.2 Å². The average molecular weight is 502 g/mol. The molecule has 0 saturated heterocycles. The van der Waals surface area contributed by atoms with Gasteiger partial charge in [0.25, 0.3) is 0 Å². The van der Waals surface area contributed by atoms with Crippen molar-refractivity contribution in [1.29, 1.82) is 0 Å². The SMILES string of the molecule is CC1c2ncnc(N)c2N=C(Sc2cc3c(cc2-c2ccco2)OCO3)CC1CCS(N)(=O)=O. The Morgan fingerprint density at radius 3 is 2.74 bits per heavy atom. The number of benzene rings is 1. The van der Waals surface area contributed by atoms with E-state index in [9.17, 15) is 8.42 Å². The molecule has 10 nitrogen and oxygen atoms in total. The van der Waals surface area contributed by atoms with Crippen LogP contribution in [-0.4, -0.2) is 36.0 Å². The van der Waals surface area contributed by atoms with Gasteiger partial charge < -0.3 is 19.6 Å². The second-order valence-corrected chi connectivity index (χ2v) is 11.0. The molecule has 5 rings (SSSR count). The molecule has 0 radical (unpaired) electrons. The fourth-order valence-corrected chi connectivity index (χ4v) is 5.90. The van der Waals surface area contributed by atoms with Gasteiger partial charge in [0.05, 0.1) is 22.8 Å². The molecular formula is C22H23N5O5S2. The molecule has 0 saturated carbocycles. The van der Waals surface area contributed by atoms with Gasteiger partial charge in [-0.1, -0.05) is 18.7 Å². The van der Waals surface area contributed by atoms with Crippen LogP contribution in [0.2, 0.25) is 0 Å². The number of primary sulfonamides is 1. The zero-order valence-corrected chi connectivity index (χ0v) is 19.9. The molecule has 2 unspecified atom stereocenters. The zero-order chi connectivity index (χ0) is 23.9. The Morgan fingerprint density at radius 2 is 2.00 bits per heavy atom. The van der Waals surface area contributed by atoms with E-state index in [1.807, 2.05) is 31.2 Å². The highest BCUT2D eigenvalue weighted by atomic mass is 32.2. The number of hydrogen-bond acceptors (Lipinski definition) is 10. The monoisotopic (exact) mass is 501 g/mol. The molecule has 4 N–H and O–H groups in total. The minimum Gasteiger partial charge on any atom is -0.464 e. The number of anilines is 1. The molecule has 12 heteroatoms. The van der Waals surface area contributed by atoms with Crippen molar-refractivity contribution < 1.29 is 22.3 Å². The molecule has 34 heavy (non-hydrogen) atoms. The number of aromatic nitrogens is 2. The smallest absolute Gasteiger partial charge is 0.231 e. The lowest BCUT2D eigenvalue weighted by molar-refractivity contribution is 0.174. The van der Waals surface area contributed by atoms with Gasteiger partial charge in [-0.3, -0.25) is 0 Å². The van der Waals surface area contributed by atoms with Crippen molar-refractivity contribution in [2.24, 2.45) is 16.0 Å². The number of rotatable bonds is 5. The molecule has 1 aromatic carbocycles. The number of ether oxygens (including phenoxy) is 2. The molecule has 0 aliphatic carbocycles. The van der Waals surface area contributed by atoms with Crippen molar-refractivity contribution in [1.82, 2.24) is 9.97 Å². The third-order valence-corrected chi connectivity index (χ3v) is 7.81. The van der Waals surface area contributed by atoms with Gasteiger partial charge in [-0.2, -0.15) is 0 Å².